The zero-order chi connectivity index (χ0) is 24.2. The van der Waals surface area contributed by atoms with Crippen molar-refractivity contribution in [2.75, 3.05) is 11.5 Å². The van der Waals surface area contributed by atoms with Crippen LogP contribution in [-0.4, -0.2) is 18.5 Å². The molecule has 1 aromatic heterocycles. The number of anilines is 2. The van der Waals surface area contributed by atoms with Gasteiger partial charge in [0.15, 0.2) is 12.4 Å². The van der Waals surface area contributed by atoms with Gasteiger partial charge in [-0.05, 0) is 51.1 Å². The number of hydrogen-bond donors (Lipinski definition) is 0. The van der Waals surface area contributed by atoms with Gasteiger partial charge in [0, 0.05) is 27.0 Å². The van der Waals surface area contributed by atoms with Crippen molar-refractivity contribution in [2.45, 2.75) is 36.6 Å². The summed E-state index contributed by atoms with van der Waals surface area (Å²) in [5, 5.41) is 9.68. The van der Waals surface area contributed by atoms with Crippen LogP contribution in [-0.2, 0) is 14.3 Å². The first-order valence-corrected chi connectivity index (χ1v) is 11.7. The highest BCUT2D eigenvalue weighted by molar-refractivity contribution is 7.99. The summed E-state index contributed by atoms with van der Waals surface area (Å²) in [5.74, 6) is -1.03. The summed E-state index contributed by atoms with van der Waals surface area (Å²) >= 11 is 1.60. The molecule has 0 N–H and O–H groups in total. The number of hydrogen-bond acceptors (Lipinski definition) is 5. The van der Waals surface area contributed by atoms with Gasteiger partial charge in [0.2, 0.25) is 0 Å². The lowest BCUT2D eigenvalue weighted by Crippen LogP contribution is -2.48. The summed E-state index contributed by atoms with van der Waals surface area (Å²) < 4.78 is 6.80. The molecule has 2 heterocycles. The molecule has 0 radical (unpaired) electrons. The van der Waals surface area contributed by atoms with Gasteiger partial charge >= 0.3 is 11.9 Å². The third-order valence-corrected chi connectivity index (χ3v) is 6.46. The number of fused-ring (bicyclic) bond motifs is 2. The molecular weight excluding hydrogens is 446 g/mol. The standard InChI is InChI=1S/C27H24N3O3S/c1-4-33-27(32)20(15-28)14-23(29-16-18(2)13-19(3)17-29)26(31)30-21-9-5-7-11-24(21)34-25-12-8-6-10-22(25)30/h5-14,16-17,23H,4H2,1-3H3/q+1/b20-14+. The highest BCUT2D eigenvalue weighted by Crippen LogP contribution is 2.48. The summed E-state index contributed by atoms with van der Waals surface area (Å²) in [7, 11) is 0. The van der Waals surface area contributed by atoms with Gasteiger partial charge in [0.05, 0.1) is 18.0 Å². The largest absolute Gasteiger partial charge is 0.462 e. The molecule has 3 aromatic rings. The summed E-state index contributed by atoms with van der Waals surface area (Å²) in [6.07, 6.45) is 5.07. The van der Waals surface area contributed by atoms with Crippen LogP contribution < -0.4 is 9.47 Å². The van der Waals surface area contributed by atoms with Gasteiger partial charge in [0.1, 0.15) is 11.6 Å². The van der Waals surface area contributed by atoms with E-state index in [9.17, 15) is 14.9 Å². The van der Waals surface area contributed by atoms with Crippen LogP contribution in [0.5, 0.6) is 0 Å². The zero-order valence-electron chi connectivity index (χ0n) is 19.2. The first-order valence-electron chi connectivity index (χ1n) is 10.9. The highest BCUT2D eigenvalue weighted by Gasteiger charge is 2.37. The van der Waals surface area contributed by atoms with Gasteiger partial charge in [-0.1, -0.05) is 36.0 Å². The van der Waals surface area contributed by atoms with Gasteiger partial charge in [-0.15, -0.1) is 0 Å². The van der Waals surface area contributed by atoms with Crippen molar-refractivity contribution in [1.29, 1.82) is 5.26 Å². The van der Waals surface area contributed by atoms with E-state index in [0.29, 0.717) is 0 Å². The number of nitrogens with zero attached hydrogens (tertiary/aromatic N) is 3. The molecule has 34 heavy (non-hydrogen) atoms. The van der Waals surface area contributed by atoms with Crippen molar-refractivity contribution in [3.05, 3.63) is 89.8 Å². The second kappa shape index (κ2) is 9.94. The number of aryl methyl sites for hydroxylation is 2. The van der Waals surface area contributed by atoms with E-state index in [-0.39, 0.29) is 18.1 Å². The molecule has 0 spiro atoms. The second-order valence-corrected chi connectivity index (χ2v) is 8.99. The predicted octanol–water partition coefficient (Wildman–Crippen LogP) is 4.97. The van der Waals surface area contributed by atoms with Crippen molar-refractivity contribution >= 4 is 35.0 Å². The maximum Gasteiger partial charge on any atom is 0.348 e. The van der Waals surface area contributed by atoms with E-state index in [1.165, 1.54) is 6.08 Å². The molecule has 0 fully saturated rings. The number of carbonyl (C=O) groups is 2. The molecule has 0 saturated heterocycles. The van der Waals surface area contributed by atoms with Crippen LogP contribution in [0.2, 0.25) is 0 Å². The number of para-hydroxylation sites is 2. The molecule has 1 aliphatic heterocycles. The van der Waals surface area contributed by atoms with Crippen molar-refractivity contribution in [1.82, 2.24) is 0 Å². The molecule has 1 unspecified atom stereocenters. The average molecular weight is 471 g/mol. The Morgan fingerprint density at radius 2 is 1.62 bits per heavy atom. The highest BCUT2D eigenvalue weighted by atomic mass is 32.2. The minimum Gasteiger partial charge on any atom is -0.462 e. The maximum atomic E-state index is 14.3. The van der Waals surface area contributed by atoms with E-state index < -0.39 is 12.0 Å². The summed E-state index contributed by atoms with van der Waals surface area (Å²) in [6, 6.07) is 18.4. The number of rotatable bonds is 5. The molecule has 0 aliphatic carbocycles. The SMILES string of the molecule is CCOC(=O)/C(C#N)=C/C(C(=O)N1c2ccccc2Sc2ccccc21)[n+]1cc(C)cc(C)c1. The van der Waals surface area contributed by atoms with Gasteiger partial charge < -0.3 is 4.74 Å². The molecule has 1 amide bonds. The number of amides is 1. The molecule has 170 valence electrons. The predicted molar refractivity (Wildman–Crippen MR) is 130 cm³/mol. The summed E-state index contributed by atoms with van der Waals surface area (Å²) in [5.41, 5.74) is 3.22. The fourth-order valence-corrected chi connectivity index (χ4v) is 5.04. The Bertz CT molecular complexity index is 1280. The van der Waals surface area contributed by atoms with Crippen LogP contribution in [0.25, 0.3) is 0 Å². The molecule has 7 heteroatoms. The van der Waals surface area contributed by atoms with Crippen molar-refractivity contribution in [3.63, 3.8) is 0 Å². The Hall–Kier alpha value is -3.89. The topological polar surface area (TPSA) is 74.3 Å². The minimum atomic E-state index is -0.943. The second-order valence-electron chi connectivity index (χ2n) is 7.91. The quantitative estimate of drug-likeness (QED) is 0.228. The number of pyridine rings is 1. The van der Waals surface area contributed by atoms with Crippen molar-refractivity contribution < 1.29 is 18.9 Å². The molecule has 4 rings (SSSR count). The normalized spacial score (nSPS) is 13.4. The lowest BCUT2D eigenvalue weighted by atomic mass is 10.1. The Morgan fingerprint density at radius 1 is 1.06 bits per heavy atom. The molecule has 0 saturated carbocycles. The fraction of sp³-hybridized carbons (Fsp3) is 0.185. The Labute approximate surface area is 203 Å². The average Bonchev–Trinajstić information content (AvgIpc) is 2.82. The number of ether oxygens (including phenoxy) is 1. The first-order chi connectivity index (χ1) is 16.4. The van der Waals surface area contributed by atoms with Crippen LogP contribution in [0, 0.1) is 25.2 Å². The van der Waals surface area contributed by atoms with Crippen LogP contribution in [0.15, 0.2) is 88.4 Å². The minimum absolute atomic E-state index is 0.136. The number of esters is 1. The monoisotopic (exact) mass is 470 g/mol. The van der Waals surface area contributed by atoms with Gasteiger partial charge in [0.25, 0.3) is 6.04 Å². The molecule has 6 nitrogen and oxygen atoms in total. The molecule has 2 aromatic carbocycles. The molecule has 1 aliphatic rings. The van der Waals surface area contributed by atoms with Gasteiger partial charge in [-0.3, -0.25) is 9.69 Å². The Kier molecular flexibility index (Phi) is 6.80. The lowest BCUT2D eigenvalue weighted by Gasteiger charge is -2.31. The maximum absolute atomic E-state index is 14.3. The number of carbonyl (C=O) groups excluding carboxylic acids is 2. The third-order valence-electron chi connectivity index (χ3n) is 5.33. The van der Waals surface area contributed by atoms with E-state index in [1.807, 2.05) is 86.9 Å². The number of aromatic nitrogens is 1. The summed E-state index contributed by atoms with van der Waals surface area (Å²) in [4.78, 5) is 30.3. The van der Waals surface area contributed by atoms with Crippen LogP contribution >= 0.6 is 11.8 Å². The fourth-order valence-electron chi connectivity index (χ4n) is 3.98. The van der Waals surface area contributed by atoms with Crippen molar-refractivity contribution in [3.8, 4) is 6.07 Å². The van der Waals surface area contributed by atoms with E-state index in [4.69, 9.17) is 4.74 Å². The lowest BCUT2D eigenvalue weighted by molar-refractivity contribution is -0.699. The smallest absolute Gasteiger partial charge is 0.348 e. The van der Waals surface area contributed by atoms with E-state index >= 15 is 0 Å². The van der Waals surface area contributed by atoms with Crippen LogP contribution in [0.4, 0.5) is 11.4 Å². The number of nitriles is 1. The van der Waals surface area contributed by atoms with E-state index in [2.05, 4.69) is 0 Å². The zero-order valence-corrected chi connectivity index (χ0v) is 20.0. The van der Waals surface area contributed by atoms with Gasteiger partial charge in [-0.25, -0.2) is 4.79 Å². The van der Waals surface area contributed by atoms with E-state index in [0.717, 1.165) is 32.3 Å². The van der Waals surface area contributed by atoms with E-state index in [1.54, 1.807) is 28.2 Å². The third kappa shape index (κ3) is 4.59. The first kappa shape index (κ1) is 23.3. The van der Waals surface area contributed by atoms with Crippen LogP contribution in [0.3, 0.4) is 0 Å². The number of benzene rings is 2. The molecule has 1 atom stereocenters. The van der Waals surface area contributed by atoms with Crippen molar-refractivity contribution in [2.24, 2.45) is 0 Å². The molecular formula is C27H24N3O3S+. The van der Waals surface area contributed by atoms with Gasteiger partial charge in [-0.2, -0.15) is 9.83 Å². The molecule has 0 bridgehead atoms. The summed E-state index contributed by atoms with van der Waals surface area (Å²) in [6.45, 7) is 5.69. The Balaban J connectivity index is 1.90. The Morgan fingerprint density at radius 3 is 2.15 bits per heavy atom. The van der Waals surface area contributed by atoms with Crippen LogP contribution in [0.1, 0.15) is 24.1 Å².